The van der Waals surface area contributed by atoms with Crippen LogP contribution < -0.4 is 9.47 Å². The van der Waals surface area contributed by atoms with E-state index in [0.29, 0.717) is 27.0 Å². The summed E-state index contributed by atoms with van der Waals surface area (Å²) in [4.78, 5) is 26.6. The Kier molecular flexibility index (Phi) is 6.14. The third-order valence-corrected chi connectivity index (χ3v) is 5.70. The van der Waals surface area contributed by atoms with E-state index in [1.165, 1.54) is 12.0 Å². The Labute approximate surface area is 174 Å². The van der Waals surface area contributed by atoms with E-state index >= 15 is 0 Å². The van der Waals surface area contributed by atoms with Crippen LogP contribution in [0.4, 0.5) is 4.79 Å². The van der Waals surface area contributed by atoms with Gasteiger partial charge >= 0.3 is 0 Å². The highest BCUT2D eigenvalue weighted by Crippen LogP contribution is 2.38. The molecule has 0 radical (unpaired) electrons. The molecule has 1 saturated heterocycles. The Morgan fingerprint density at radius 3 is 2.41 bits per heavy atom. The van der Waals surface area contributed by atoms with Crippen molar-refractivity contribution < 1.29 is 19.1 Å². The van der Waals surface area contributed by atoms with Crippen LogP contribution in [0.2, 0.25) is 5.02 Å². The second kappa shape index (κ2) is 8.37. The van der Waals surface area contributed by atoms with Gasteiger partial charge in [-0.15, -0.1) is 0 Å². The van der Waals surface area contributed by atoms with Gasteiger partial charge in [0, 0.05) is 16.7 Å². The van der Waals surface area contributed by atoms with E-state index in [4.69, 9.17) is 21.1 Å². The lowest BCUT2D eigenvalue weighted by Gasteiger charge is -2.12. The number of hydrogen-bond donors (Lipinski definition) is 0. The molecule has 0 atom stereocenters. The molecule has 0 aromatic heterocycles. The highest BCUT2D eigenvalue weighted by molar-refractivity contribution is 9.10. The number of rotatable bonds is 5. The predicted molar refractivity (Wildman–Crippen MR) is 110 cm³/mol. The summed E-state index contributed by atoms with van der Waals surface area (Å²) < 4.78 is 11.3. The first-order valence-corrected chi connectivity index (χ1v) is 9.83. The van der Waals surface area contributed by atoms with Crippen LogP contribution in [0.5, 0.6) is 11.5 Å². The number of thioether (sulfide) groups is 1. The summed E-state index contributed by atoms with van der Waals surface area (Å²) >= 11 is 10.2. The molecule has 3 rings (SSSR count). The maximum absolute atomic E-state index is 12.7. The summed E-state index contributed by atoms with van der Waals surface area (Å²) in [6.07, 6.45) is 1.65. The third kappa shape index (κ3) is 4.31. The van der Waals surface area contributed by atoms with Crippen molar-refractivity contribution in [1.82, 2.24) is 4.90 Å². The second-order valence-electron chi connectivity index (χ2n) is 5.62. The number of benzene rings is 2. The van der Waals surface area contributed by atoms with Crippen molar-refractivity contribution in [2.45, 2.75) is 6.54 Å². The van der Waals surface area contributed by atoms with Crippen LogP contribution in [0.3, 0.4) is 0 Å². The number of nitrogens with zero attached hydrogens (tertiary/aromatic N) is 1. The molecule has 1 fully saturated rings. The predicted octanol–water partition coefficient (Wildman–Crippen LogP) is 5.36. The van der Waals surface area contributed by atoms with Gasteiger partial charge in [0.2, 0.25) is 0 Å². The van der Waals surface area contributed by atoms with E-state index in [1.807, 2.05) is 0 Å². The average Bonchev–Trinajstić information content (AvgIpc) is 2.91. The molecule has 0 N–H and O–H groups in total. The Morgan fingerprint density at radius 2 is 1.78 bits per heavy atom. The highest BCUT2D eigenvalue weighted by Gasteiger charge is 2.35. The first kappa shape index (κ1) is 19.8. The number of halogens is 2. The van der Waals surface area contributed by atoms with Gasteiger partial charge in [-0.25, -0.2) is 0 Å². The van der Waals surface area contributed by atoms with E-state index in [2.05, 4.69) is 15.9 Å². The minimum Gasteiger partial charge on any atom is -0.496 e. The van der Waals surface area contributed by atoms with Gasteiger partial charge in [0.1, 0.15) is 11.5 Å². The molecule has 0 spiro atoms. The van der Waals surface area contributed by atoms with E-state index in [-0.39, 0.29) is 17.7 Å². The lowest BCUT2D eigenvalue weighted by atomic mass is 10.1. The van der Waals surface area contributed by atoms with E-state index in [9.17, 15) is 9.59 Å². The monoisotopic (exact) mass is 467 g/mol. The summed E-state index contributed by atoms with van der Waals surface area (Å²) in [6, 6.07) is 10.5. The number of methoxy groups -OCH3 is 2. The van der Waals surface area contributed by atoms with Gasteiger partial charge in [0.15, 0.2) is 0 Å². The lowest BCUT2D eigenvalue weighted by molar-refractivity contribution is -0.123. The fraction of sp³-hybridized carbons (Fsp3) is 0.158. The minimum absolute atomic E-state index is 0.197. The number of ether oxygens (including phenoxy) is 2. The topological polar surface area (TPSA) is 55.8 Å². The van der Waals surface area contributed by atoms with Gasteiger partial charge in [-0.3, -0.25) is 14.5 Å². The van der Waals surface area contributed by atoms with Gasteiger partial charge in [0.05, 0.1) is 30.1 Å². The van der Waals surface area contributed by atoms with Crippen LogP contribution in [0, 0.1) is 0 Å². The molecule has 1 aliphatic rings. The summed E-state index contributed by atoms with van der Waals surface area (Å²) in [5.41, 5.74) is 1.50. The minimum atomic E-state index is -0.339. The normalized spacial score (nSPS) is 15.6. The first-order chi connectivity index (χ1) is 12.9. The average molecular weight is 469 g/mol. The molecule has 2 aromatic carbocycles. The maximum Gasteiger partial charge on any atom is 0.293 e. The zero-order valence-electron chi connectivity index (χ0n) is 14.5. The standard InChI is InChI=1S/C19H15BrClNO4S/c1-25-15-9-16(26-2)14(20)7-12(15)8-17-18(23)22(19(24)27-17)10-11-3-5-13(21)6-4-11/h3-9H,10H2,1-2H3/b17-8-. The molecule has 2 aromatic rings. The van der Waals surface area contributed by atoms with Crippen molar-refractivity contribution in [3.05, 3.63) is 61.9 Å². The van der Waals surface area contributed by atoms with Gasteiger partial charge in [-0.05, 0) is 57.5 Å². The number of carbonyl (C=O) groups is 2. The molecule has 0 saturated carbocycles. The summed E-state index contributed by atoms with van der Waals surface area (Å²) in [5.74, 6) is 0.813. The molecule has 0 bridgehead atoms. The summed E-state index contributed by atoms with van der Waals surface area (Å²) in [6.45, 7) is 0.197. The van der Waals surface area contributed by atoms with Gasteiger partial charge in [-0.1, -0.05) is 23.7 Å². The second-order valence-corrected chi connectivity index (χ2v) is 7.91. The van der Waals surface area contributed by atoms with E-state index in [0.717, 1.165) is 21.8 Å². The van der Waals surface area contributed by atoms with Crippen LogP contribution in [0.15, 0.2) is 45.8 Å². The van der Waals surface area contributed by atoms with Crippen molar-refractivity contribution in [3.63, 3.8) is 0 Å². The number of amides is 2. The van der Waals surface area contributed by atoms with E-state index in [1.54, 1.807) is 49.6 Å². The molecular weight excluding hydrogens is 454 g/mol. The van der Waals surface area contributed by atoms with Crippen molar-refractivity contribution in [3.8, 4) is 11.5 Å². The largest absolute Gasteiger partial charge is 0.496 e. The fourth-order valence-electron chi connectivity index (χ4n) is 2.55. The van der Waals surface area contributed by atoms with Crippen LogP contribution in [0.25, 0.3) is 6.08 Å². The summed E-state index contributed by atoms with van der Waals surface area (Å²) in [5, 5.41) is 0.290. The van der Waals surface area contributed by atoms with Crippen molar-refractivity contribution >= 4 is 56.5 Å². The van der Waals surface area contributed by atoms with Crippen molar-refractivity contribution in [2.75, 3.05) is 14.2 Å². The van der Waals surface area contributed by atoms with Crippen LogP contribution in [0.1, 0.15) is 11.1 Å². The van der Waals surface area contributed by atoms with Crippen LogP contribution in [-0.2, 0) is 11.3 Å². The van der Waals surface area contributed by atoms with Gasteiger partial charge in [0.25, 0.3) is 11.1 Å². The van der Waals surface area contributed by atoms with Crippen LogP contribution >= 0.6 is 39.3 Å². The Morgan fingerprint density at radius 1 is 1.11 bits per heavy atom. The molecule has 140 valence electrons. The highest BCUT2D eigenvalue weighted by atomic mass is 79.9. The Balaban J connectivity index is 1.88. The molecule has 1 heterocycles. The smallest absolute Gasteiger partial charge is 0.293 e. The Bertz CT molecular complexity index is 930. The van der Waals surface area contributed by atoms with Crippen molar-refractivity contribution in [2.24, 2.45) is 0 Å². The molecule has 0 unspecified atom stereocenters. The molecular formula is C19H15BrClNO4S. The first-order valence-electron chi connectivity index (χ1n) is 7.84. The zero-order chi connectivity index (χ0) is 19.6. The summed E-state index contributed by atoms with van der Waals surface area (Å²) in [7, 11) is 3.09. The fourth-order valence-corrected chi connectivity index (χ4v) is 4.02. The molecule has 2 amide bonds. The SMILES string of the molecule is COc1cc(OC)c(/C=C2\SC(=O)N(Cc3ccc(Cl)cc3)C2=O)cc1Br. The molecule has 27 heavy (non-hydrogen) atoms. The Hall–Kier alpha value is -1.96. The zero-order valence-corrected chi connectivity index (χ0v) is 17.7. The number of imide groups is 1. The number of carbonyl (C=O) groups excluding carboxylic acids is 2. The molecule has 0 aliphatic carbocycles. The maximum atomic E-state index is 12.7. The molecule has 5 nitrogen and oxygen atoms in total. The lowest BCUT2D eigenvalue weighted by Crippen LogP contribution is -2.27. The van der Waals surface area contributed by atoms with Gasteiger partial charge < -0.3 is 9.47 Å². The third-order valence-electron chi connectivity index (χ3n) is 3.92. The molecule has 1 aliphatic heterocycles. The number of hydrogen-bond acceptors (Lipinski definition) is 5. The quantitative estimate of drug-likeness (QED) is 0.553. The van der Waals surface area contributed by atoms with Crippen LogP contribution in [-0.4, -0.2) is 30.3 Å². The van der Waals surface area contributed by atoms with Gasteiger partial charge in [-0.2, -0.15) is 0 Å². The van der Waals surface area contributed by atoms with E-state index < -0.39 is 0 Å². The van der Waals surface area contributed by atoms with Crippen molar-refractivity contribution in [1.29, 1.82) is 0 Å². The molecule has 8 heteroatoms.